The molecule has 24 heavy (non-hydrogen) atoms. The summed E-state index contributed by atoms with van der Waals surface area (Å²) < 4.78 is 0. The van der Waals surface area contributed by atoms with Gasteiger partial charge in [0.25, 0.3) is 0 Å². The maximum Gasteiger partial charge on any atom is 0.241 e. The maximum absolute atomic E-state index is 12.6. The molecule has 0 N–H and O–H groups in total. The van der Waals surface area contributed by atoms with Crippen LogP contribution in [0.5, 0.6) is 0 Å². The number of benzene rings is 1. The number of nitrogens with zero attached hydrogens (tertiary/aromatic N) is 4. The molecule has 0 aromatic heterocycles. The second-order valence-electron chi connectivity index (χ2n) is 6.44. The molecule has 0 saturated carbocycles. The predicted octanol–water partition coefficient (Wildman–Crippen LogP) is 1.22. The molecule has 0 radical (unpaired) electrons. The van der Waals surface area contributed by atoms with E-state index < -0.39 is 0 Å². The van der Waals surface area contributed by atoms with Crippen LogP contribution in [0.2, 0.25) is 0 Å². The Kier molecular flexibility index (Phi) is 4.81. The third-order valence-corrected chi connectivity index (χ3v) is 4.85. The Labute approximate surface area is 142 Å². The molecule has 126 valence electrons. The van der Waals surface area contributed by atoms with Gasteiger partial charge < -0.3 is 9.80 Å². The van der Waals surface area contributed by atoms with Crippen LogP contribution in [0.25, 0.3) is 0 Å². The van der Waals surface area contributed by atoms with Crippen LogP contribution >= 0.6 is 0 Å². The Morgan fingerprint density at radius 2 is 2.00 bits per heavy atom. The summed E-state index contributed by atoms with van der Waals surface area (Å²) in [7, 11) is 0. The molecule has 0 aliphatic carbocycles. The van der Waals surface area contributed by atoms with Crippen molar-refractivity contribution in [3.63, 3.8) is 0 Å². The molecule has 2 aliphatic rings. The van der Waals surface area contributed by atoms with Crippen LogP contribution < -0.4 is 4.90 Å². The van der Waals surface area contributed by atoms with Crippen molar-refractivity contribution in [2.45, 2.75) is 25.8 Å². The van der Waals surface area contributed by atoms with Crippen molar-refractivity contribution in [2.24, 2.45) is 0 Å². The first-order valence-electron chi connectivity index (χ1n) is 8.41. The highest BCUT2D eigenvalue weighted by atomic mass is 16.2. The van der Waals surface area contributed by atoms with Gasteiger partial charge in [-0.05, 0) is 25.5 Å². The average Bonchev–Trinajstić information content (AvgIpc) is 3.00. The largest absolute Gasteiger partial charge is 0.341 e. The van der Waals surface area contributed by atoms with Crippen LogP contribution in [0.15, 0.2) is 24.3 Å². The van der Waals surface area contributed by atoms with Gasteiger partial charge >= 0.3 is 0 Å². The molecule has 2 fully saturated rings. The number of para-hydroxylation sites is 1. The summed E-state index contributed by atoms with van der Waals surface area (Å²) in [4.78, 5) is 30.0. The summed E-state index contributed by atoms with van der Waals surface area (Å²) in [5, 5.41) is 9.25. The molecule has 6 heteroatoms. The molecular weight excluding hydrogens is 304 g/mol. The monoisotopic (exact) mass is 326 g/mol. The quantitative estimate of drug-likeness (QED) is 0.834. The van der Waals surface area contributed by atoms with Crippen LogP contribution in [0.1, 0.15) is 25.3 Å². The molecule has 1 atom stereocenters. The van der Waals surface area contributed by atoms with Crippen LogP contribution in [0.3, 0.4) is 0 Å². The first kappa shape index (κ1) is 16.5. The number of anilines is 1. The van der Waals surface area contributed by atoms with Gasteiger partial charge in [-0.25, -0.2) is 0 Å². The maximum atomic E-state index is 12.6. The minimum atomic E-state index is 0.00329. The Hall–Kier alpha value is -2.39. The summed E-state index contributed by atoms with van der Waals surface area (Å²) in [5.41, 5.74) is 1.21. The van der Waals surface area contributed by atoms with Gasteiger partial charge in [0.05, 0.1) is 17.8 Å². The third kappa shape index (κ3) is 3.26. The van der Waals surface area contributed by atoms with E-state index in [1.54, 1.807) is 17.0 Å². The molecule has 2 saturated heterocycles. The topological polar surface area (TPSA) is 67.7 Å². The summed E-state index contributed by atoms with van der Waals surface area (Å²) in [5.74, 6) is 0.221. The Balaban J connectivity index is 1.65. The smallest absolute Gasteiger partial charge is 0.241 e. The van der Waals surface area contributed by atoms with E-state index in [2.05, 4.69) is 17.9 Å². The van der Waals surface area contributed by atoms with Gasteiger partial charge in [0.15, 0.2) is 0 Å². The van der Waals surface area contributed by atoms with E-state index in [1.807, 2.05) is 17.0 Å². The number of likely N-dealkylation sites (tertiary alicyclic amines) is 1. The van der Waals surface area contributed by atoms with Crippen molar-refractivity contribution in [2.75, 3.05) is 37.6 Å². The van der Waals surface area contributed by atoms with Crippen molar-refractivity contribution in [3.8, 4) is 6.07 Å². The summed E-state index contributed by atoms with van der Waals surface area (Å²) in [6.45, 7) is 5.20. The number of hydrogen-bond acceptors (Lipinski definition) is 4. The lowest BCUT2D eigenvalue weighted by Crippen LogP contribution is -2.56. The minimum Gasteiger partial charge on any atom is -0.341 e. The number of piperazine rings is 1. The van der Waals surface area contributed by atoms with Crippen molar-refractivity contribution in [1.82, 2.24) is 9.80 Å². The second-order valence-corrected chi connectivity index (χ2v) is 6.44. The second kappa shape index (κ2) is 7.02. The number of carbonyl (C=O) groups is 2. The van der Waals surface area contributed by atoms with E-state index in [0.717, 1.165) is 13.0 Å². The average molecular weight is 326 g/mol. The highest BCUT2D eigenvalue weighted by Gasteiger charge is 2.32. The molecule has 6 nitrogen and oxygen atoms in total. The van der Waals surface area contributed by atoms with Gasteiger partial charge in [0.2, 0.25) is 11.8 Å². The zero-order valence-corrected chi connectivity index (χ0v) is 13.9. The van der Waals surface area contributed by atoms with E-state index in [1.165, 1.54) is 0 Å². The molecule has 0 bridgehead atoms. The minimum absolute atomic E-state index is 0.00329. The summed E-state index contributed by atoms with van der Waals surface area (Å²) in [6.07, 6.45) is 1.58. The number of hydrogen-bond donors (Lipinski definition) is 0. The van der Waals surface area contributed by atoms with Crippen molar-refractivity contribution in [3.05, 3.63) is 29.8 Å². The number of carbonyl (C=O) groups excluding carboxylic acids is 2. The van der Waals surface area contributed by atoms with E-state index in [0.29, 0.717) is 43.9 Å². The van der Waals surface area contributed by atoms with Crippen LogP contribution in [0.4, 0.5) is 5.69 Å². The van der Waals surface area contributed by atoms with E-state index in [-0.39, 0.29) is 17.9 Å². The first-order valence-corrected chi connectivity index (χ1v) is 8.41. The normalized spacial score (nSPS) is 22.1. The SMILES string of the molecule is CC1CN(c2ccccc2C#N)C(=O)CN1CCN1CCCC1=O. The standard InChI is InChI=1S/C18H22N4O2/c1-14-12-22(16-6-3-2-5-15(16)11-19)18(24)13-21(14)10-9-20-8-4-7-17(20)23/h2-3,5-6,14H,4,7-10,12-13H2,1H3. The van der Waals surface area contributed by atoms with E-state index in [9.17, 15) is 14.9 Å². The lowest BCUT2D eigenvalue weighted by atomic mass is 10.1. The molecule has 0 spiro atoms. The molecule has 1 aromatic rings. The van der Waals surface area contributed by atoms with Gasteiger partial charge in [-0.15, -0.1) is 0 Å². The van der Waals surface area contributed by atoms with Gasteiger partial charge in [-0.2, -0.15) is 5.26 Å². The highest BCUT2D eigenvalue weighted by Crippen LogP contribution is 2.24. The zero-order chi connectivity index (χ0) is 17.1. The molecular formula is C18H22N4O2. The Morgan fingerprint density at radius 3 is 2.71 bits per heavy atom. The van der Waals surface area contributed by atoms with Crippen LogP contribution in [-0.2, 0) is 9.59 Å². The predicted molar refractivity (Wildman–Crippen MR) is 90.4 cm³/mol. The fraction of sp³-hybridized carbons (Fsp3) is 0.500. The van der Waals surface area contributed by atoms with E-state index in [4.69, 9.17) is 0 Å². The Morgan fingerprint density at radius 1 is 1.21 bits per heavy atom. The lowest BCUT2D eigenvalue weighted by Gasteiger charge is -2.40. The van der Waals surface area contributed by atoms with Gasteiger partial charge in [0.1, 0.15) is 6.07 Å². The molecule has 2 aliphatic heterocycles. The fourth-order valence-electron chi connectivity index (χ4n) is 3.42. The Bertz CT molecular complexity index is 682. The third-order valence-electron chi connectivity index (χ3n) is 4.85. The van der Waals surface area contributed by atoms with Crippen molar-refractivity contribution < 1.29 is 9.59 Å². The van der Waals surface area contributed by atoms with Crippen LogP contribution in [0, 0.1) is 11.3 Å². The zero-order valence-electron chi connectivity index (χ0n) is 13.9. The lowest BCUT2D eigenvalue weighted by molar-refractivity contribution is -0.128. The number of amides is 2. The van der Waals surface area contributed by atoms with Crippen molar-refractivity contribution in [1.29, 1.82) is 5.26 Å². The summed E-state index contributed by atoms with van der Waals surface area (Å²) in [6, 6.07) is 9.55. The number of rotatable bonds is 4. The molecule has 1 aromatic carbocycles. The highest BCUT2D eigenvalue weighted by molar-refractivity contribution is 5.96. The molecule has 1 unspecified atom stereocenters. The number of nitriles is 1. The first-order chi connectivity index (χ1) is 11.6. The molecule has 2 heterocycles. The molecule has 3 rings (SSSR count). The van der Waals surface area contributed by atoms with Crippen LogP contribution in [-0.4, -0.2) is 60.4 Å². The van der Waals surface area contributed by atoms with E-state index >= 15 is 0 Å². The van der Waals surface area contributed by atoms with Gasteiger partial charge in [-0.3, -0.25) is 14.5 Å². The molecule has 2 amide bonds. The van der Waals surface area contributed by atoms with Crippen molar-refractivity contribution >= 4 is 17.5 Å². The summed E-state index contributed by atoms with van der Waals surface area (Å²) >= 11 is 0. The fourth-order valence-corrected chi connectivity index (χ4v) is 3.42. The van der Waals surface area contributed by atoms with Gasteiger partial charge in [-0.1, -0.05) is 12.1 Å². The van der Waals surface area contributed by atoms with Gasteiger partial charge in [0, 0.05) is 38.6 Å².